The molecule has 0 saturated carbocycles. The molecule has 0 aliphatic heterocycles. The average Bonchev–Trinajstić information content (AvgIpc) is 2.59. The number of hydrogen-bond acceptors (Lipinski definition) is 1. The molecule has 126 valence electrons. The average molecular weight is 336 g/mol. The highest BCUT2D eigenvalue weighted by Crippen LogP contribution is 2.32. The Balaban J connectivity index is 2.27. The van der Waals surface area contributed by atoms with Crippen molar-refractivity contribution < 1.29 is 22.4 Å². The van der Waals surface area contributed by atoms with Crippen LogP contribution in [0.25, 0.3) is 5.57 Å². The SMILES string of the molecule is O=C(/C=C(/CCC(F)(F)C(F)F)c1ccccc1)c1ccccc1. The topological polar surface area (TPSA) is 17.1 Å². The van der Waals surface area contributed by atoms with Crippen molar-refractivity contribution in [3.05, 3.63) is 77.9 Å². The lowest BCUT2D eigenvalue weighted by atomic mass is 9.96. The molecule has 0 aromatic heterocycles. The molecule has 0 fully saturated rings. The maximum atomic E-state index is 13.2. The van der Waals surface area contributed by atoms with Crippen molar-refractivity contribution in [1.29, 1.82) is 0 Å². The fraction of sp³-hybridized carbons (Fsp3) is 0.211. The minimum Gasteiger partial charge on any atom is -0.289 e. The van der Waals surface area contributed by atoms with Gasteiger partial charge in [0.1, 0.15) is 0 Å². The van der Waals surface area contributed by atoms with Gasteiger partial charge < -0.3 is 0 Å². The maximum absolute atomic E-state index is 13.2. The molecule has 0 heterocycles. The first kappa shape index (κ1) is 17.9. The monoisotopic (exact) mass is 336 g/mol. The molecule has 0 unspecified atom stereocenters. The lowest BCUT2D eigenvalue weighted by molar-refractivity contribution is -0.131. The van der Waals surface area contributed by atoms with Crippen molar-refractivity contribution in [2.75, 3.05) is 0 Å². The van der Waals surface area contributed by atoms with E-state index in [0.29, 0.717) is 16.7 Å². The van der Waals surface area contributed by atoms with E-state index in [4.69, 9.17) is 0 Å². The van der Waals surface area contributed by atoms with Gasteiger partial charge in [-0.05, 0) is 23.6 Å². The molecular weight excluding hydrogens is 320 g/mol. The zero-order chi connectivity index (χ0) is 17.6. The molecule has 0 saturated heterocycles. The van der Waals surface area contributed by atoms with Crippen molar-refractivity contribution in [2.45, 2.75) is 25.2 Å². The van der Waals surface area contributed by atoms with Gasteiger partial charge in [0.25, 0.3) is 0 Å². The molecule has 0 amide bonds. The van der Waals surface area contributed by atoms with Crippen molar-refractivity contribution in [1.82, 2.24) is 0 Å². The van der Waals surface area contributed by atoms with Gasteiger partial charge in [-0.2, -0.15) is 0 Å². The fourth-order valence-corrected chi connectivity index (χ4v) is 2.21. The first-order valence-corrected chi connectivity index (χ1v) is 7.41. The lowest BCUT2D eigenvalue weighted by Crippen LogP contribution is -2.26. The number of benzene rings is 2. The van der Waals surface area contributed by atoms with Crippen molar-refractivity contribution >= 4 is 11.4 Å². The van der Waals surface area contributed by atoms with E-state index in [1.165, 1.54) is 6.08 Å². The summed E-state index contributed by atoms with van der Waals surface area (Å²) in [6.45, 7) is 0. The van der Waals surface area contributed by atoms with Crippen LogP contribution in [0.3, 0.4) is 0 Å². The number of hydrogen-bond donors (Lipinski definition) is 0. The first-order valence-electron chi connectivity index (χ1n) is 7.41. The molecule has 0 radical (unpaired) electrons. The van der Waals surface area contributed by atoms with Gasteiger partial charge in [0.2, 0.25) is 0 Å². The van der Waals surface area contributed by atoms with Crippen molar-refractivity contribution in [2.24, 2.45) is 0 Å². The van der Waals surface area contributed by atoms with Gasteiger partial charge in [-0.15, -0.1) is 0 Å². The third-order valence-corrected chi connectivity index (χ3v) is 3.56. The van der Waals surface area contributed by atoms with Gasteiger partial charge in [-0.1, -0.05) is 60.7 Å². The van der Waals surface area contributed by atoms with E-state index in [2.05, 4.69) is 0 Å². The number of alkyl halides is 4. The Labute approximate surface area is 137 Å². The third kappa shape index (κ3) is 4.78. The number of carbonyl (C=O) groups excluding carboxylic acids is 1. The molecule has 0 spiro atoms. The van der Waals surface area contributed by atoms with Crippen molar-refractivity contribution in [3.63, 3.8) is 0 Å². The van der Waals surface area contributed by atoms with Gasteiger partial charge in [0.15, 0.2) is 5.78 Å². The molecule has 5 heteroatoms. The normalized spacial score (nSPS) is 12.5. The molecule has 2 rings (SSSR count). The summed E-state index contributed by atoms with van der Waals surface area (Å²) in [5.74, 6) is -4.43. The van der Waals surface area contributed by atoms with Crippen LogP contribution >= 0.6 is 0 Å². The second-order valence-corrected chi connectivity index (χ2v) is 5.33. The summed E-state index contributed by atoms with van der Waals surface area (Å²) in [4.78, 5) is 12.3. The molecule has 0 aliphatic rings. The number of halogens is 4. The quantitative estimate of drug-likeness (QED) is 0.364. The minimum atomic E-state index is -4.08. The highest BCUT2D eigenvalue weighted by Gasteiger charge is 2.40. The summed E-state index contributed by atoms with van der Waals surface area (Å²) in [6, 6.07) is 16.8. The molecule has 0 N–H and O–H groups in total. The van der Waals surface area contributed by atoms with Crippen LogP contribution in [0.2, 0.25) is 0 Å². The van der Waals surface area contributed by atoms with E-state index in [1.54, 1.807) is 60.7 Å². The molecule has 2 aromatic carbocycles. The van der Waals surface area contributed by atoms with Gasteiger partial charge in [-0.3, -0.25) is 4.79 Å². The van der Waals surface area contributed by atoms with Crippen LogP contribution in [0.4, 0.5) is 17.6 Å². The number of rotatable bonds is 7. The summed E-state index contributed by atoms with van der Waals surface area (Å²) in [5, 5.41) is 0. The Morgan fingerprint density at radius 3 is 1.92 bits per heavy atom. The summed E-state index contributed by atoms with van der Waals surface area (Å²) < 4.78 is 51.2. The standard InChI is InChI=1S/C19H16F4O/c20-18(21)19(22,23)12-11-16(14-7-3-1-4-8-14)13-17(24)15-9-5-2-6-10-15/h1-10,13,18H,11-12H2/b16-13-. The Bertz CT molecular complexity index is 694. The number of carbonyl (C=O) groups is 1. The fourth-order valence-electron chi connectivity index (χ4n) is 2.21. The number of ketones is 1. The molecule has 0 aliphatic carbocycles. The van der Waals surface area contributed by atoms with E-state index < -0.39 is 18.8 Å². The highest BCUT2D eigenvalue weighted by molar-refractivity contribution is 6.08. The predicted octanol–water partition coefficient (Wildman–Crippen LogP) is 5.63. The van der Waals surface area contributed by atoms with Crippen LogP contribution in [0.5, 0.6) is 0 Å². The summed E-state index contributed by atoms with van der Waals surface area (Å²) in [7, 11) is 0. The first-order chi connectivity index (χ1) is 11.4. The Morgan fingerprint density at radius 2 is 1.42 bits per heavy atom. The summed E-state index contributed by atoms with van der Waals surface area (Å²) in [5.41, 5.74) is 1.28. The van der Waals surface area contributed by atoms with Gasteiger partial charge >= 0.3 is 12.3 Å². The summed E-state index contributed by atoms with van der Waals surface area (Å²) >= 11 is 0. The van der Waals surface area contributed by atoms with E-state index in [0.717, 1.165) is 0 Å². The Morgan fingerprint density at radius 1 is 0.917 bits per heavy atom. The zero-order valence-corrected chi connectivity index (χ0v) is 12.8. The van der Waals surface area contributed by atoms with Gasteiger partial charge in [0.05, 0.1) is 0 Å². The molecular formula is C19H16F4O. The zero-order valence-electron chi connectivity index (χ0n) is 12.8. The van der Waals surface area contributed by atoms with Gasteiger partial charge in [-0.25, -0.2) is 17.6 Å². The van der Waals surface area contributed by atoms with E-state index in [-0.39, 0.29) is 12.2 Å². The van der Waals surface area contributed by atoms with Crippen LogP contribution in [0, 0.1) is 0 Å². The smallest absolute Gasteiger partial charge is 0.289 e. The molecule has 0 bridgehead atoms. The van der Waals surface area contributed by atoms with Crippen LogP contribution in [0.15, 0.2) is 66.7 Å². The van der Waals surface area contributed by atoms with Crippen LogP contribution in [-0.2, 0) is 0 Å². The van der Waals surface area contributed by atoms with E-state index in [1.807, 2.05) is 0 Å². The second kappa shape index (κ2) is 7.90. The number of allylic oxidation sites excluding steroid dienone is 2. The molecule has 0 atom stereocenters. The summed E-state index contributed by atoms with van der Waals surface area (Å²) in [6.07, 6.45) is -3.82. The molecule has 24 heavy (non-hydrogen) atoms. The highest BCUT2D eigenvalue weighted by atomic mass is 19.3. The third-order valence-electron chi connectivity index (χ3n) is 3.56. The van der Waals surface area contributed by atoms with Crippen LogP contribution in [-0.4, -0.2) is 18.1 Å². The Hall–Kier alpha value is -2.43. The van der Waals surface area contributed by atoms with Gasteiger partial charge in [0, 0.05) is 12.0 Å². The Kier molecular flexibility index (Phi) is 5.90. The van der Waals surface area contributed by atoms with Crippen molar-refractivity contribution in [3.8, 4) is 0 Å². The predicted molar refractivity (Wildman–Crippen MR) is 85.4 cm³/mol. The van der Waals surface area contributed by atoms with Crippen LogP contribution < -0.4 is 0 Å². The minimum absolute atomic E-state index is 0.310. The molecule has 1 nitrogen and oxygen atoms in total. The maximum Gasteiger partial charge on any atom is 0.307 e. The second-order valence-electron chi connectivity index (χ2n) is 5.33. The molecule has 2 aromatic rings. The largest absolute Gasteiger partial charge is 0.307 e. The van der Waals surface area contributed by atoms with Crippen LogP contribution in [0.1, 0.15) is 28.8 Å². The van der Waals surface area contributed by atoms with E-state index in [9.17, 15) is 22.4 Å². The van der Waals surface area contributed by atoms with E-state index >= 15 is 0 Å². The lowest BCUT2D eigenvalue weighted by Gasteiger charge is -2.16.